The first-order chi connectivity index (χ1) is 9.80. The second kappa shape index (κ2) is 5.85. The average molecular weight is 306 g/mol. The van der Waals surface area contributed by atoms with Gasteiger partial charge in [0.05, 0.1) is 5.75 Å². The zero-order valence-electron chi connectivity index (χ0n) is 12.5. The fourth-order valence-electron chi connectivity index (χ4n) is 1.99. The number of aromatic nitrogens is 4. The molecule has 2 aromatic heterocycles. The molecule has 0 aliphatic carbocycles. The summed E-state index contributed by atoms with van der Waals surface area (Å²) in [6.45, 7) is 8.03. The van der Waals surface area contributed by atoms with Crippen LogP contribution in [0.15, 0.2) is 23.5 Å². The predicted octanol–water partition coefficient (Wildman–Crippen LogP) is 2.58. The van der Waals surface area contributed by atoms with Gasteiger partial charge in [-0.15, -0.1) is 10.2 Å². The molecule has 1 N–H and O–H groups in total. The molecule has 0 spiro atoms. The number of nitrogens with zero attached hydrogens (tertiary/aromatic N) is 4. The first-order valence-corrected chi connectivity index (χ1v) is 7.51. The topological polar surface area (TPSA) is 80.9 Å². The highest BCUT2D eigenvalue weighted by atomic mass is 32.2. The Hall–Kier alpha value is -1.89. The molecule has 21 heavy (non-hydrogen) atoms. The van der Waals surface area contributed by atoms with Gasteiger partial charge < -0.3 is 5.11 Å². The molecule has 112 valence electrons. The summed E-state index contributed by atoms with van der Waals surface area (Å²) < 4.78 is 1.96. The minimum Gasteiger partial charge on any atom is -0.481 e. The standard InChI is InChI=1S/C14H18N4O2S/c1-9-10(6-5-7-15-9)12-16-17-13(21-8-11(19)20)18(12)14(2,3)4/h5-7H,8H2,1-4H3,(H,19,20). The lowest BCUT2D eigenvalue weighted by Crippen LogP contribution is -2.24. The van der Waals surface area contributed by atoms with Crippen LogP contribution in [-0.4, -0.2) is 36.6 Å². The zero-order chi connectivity index (χ0) is 15.6. The van der Waals surface area contributed by atoms with Gasteiger partial charge in [0, 0.05) is 23.0 Å². The number of hydrogen-bond acceptors (Lipinski definition) is 5. The molecule has 0 aromatic carbocycles. The van der Waals surface area contributed by atoms with Crippen LogP contribution in [0, 0.1) is 6.92 Å². The van der Waals surface area contributed by atoms with Crippen LogP contribution in [0.4, 0.5) is 0 Å². The first-order valence-electron chi connectivity index (χ1n) is 6.53. The zero-order valence-corrected chi connectivity index (χ0v) is 13.3. The molecule has 0 aliphatic heterocycles. The van der Waals surface area contributed by atoms with E-state index in [9.17, 15) is 4.79 Å². The number of rotatable bonds is 4. The molecule has 6 nitrogen and oxygen atoms in total. The third kappa shape index (κ3) is 3.41. The lowest BCUT2D eigenvalue weighted by atomic mass is 10.1. The van der Waals surface area contributed by atoms with Crippen LogP contribution >= 0.6 is 11.8 Å². The van der Waals surface area contributed by atoms with Crippen LogP contribution in [0.3, 0.4) is 0 Å². The molecule has 0 bridgehead atoms. The van der Waals surface area contributed by atoms with Gasteiger partial charge in [0.1, 0.15) is 0 Å². The number of thioether (sulfide) groups is 1. The number of carboxylic acid groups (broad SMARTS) is 1. The third-order valence-electron chi connectivity index (χ3n) is 2.88. The van der Waals surface area contributed by atoms with Crippen LogP contribution < -0.4 is 0 Å². The average Bonchev–Trinajstić information content (AvgIpc) is 2.80. The number of pyridine rings is 1. The quantitative estimate of drug-likeness (QED) is 0.874. The number of carboxylic acids is 1. The monoisotopic (exact) mass is 306 g/mol. The maximum Gasteiger partial charge on any atom is 0.313 e. The Kier molecular flexibility index (Phi) is 4.32. The van der Waals surface area contributed by atoms with Crippen LogP contribution in [0.5, 0.6) is 0 Å². The van der Waals surface area contributed by atoms with E-state index < -0.39 is 5.97 Å². The first kappa shape index (κ1) is 15.5. The normalized spacial score (nSPS) is 11.6. The Morgan fingerprint density at radius 2 is 2.10 bits per heavy atom. The van der Waals surface area contributed by atoms with E-state index in [0.29, 0.717) is 11.0 Å². The summed E-state index contributed by atoms with van der Waals surface area (Å²) in [5.41, 5.74) is 1.51. The highest BCUT2D eigenvalue weighted by molar-refractivity contribution is 7.99. The van der Waals surface area contributed by atoms with E-state index in [0.717, 1.165) is 11.3 Å². The number of aryl methyl sites for hydroxylation is 1. The van der Waals surface area contributed by atoms with Crippen molar-refractivity contribution in [2.75, 3.05) is 5.75 Å². The van der Waals surface area contributed by atoms with E-state index in [1.807, 2.05) is 44.4 Å². The summed E-state index contributed by atoms with van der Waals surface area (Å²) in [6, 6.07) is 3.80. The fourth-order valence-corrected chi connectivity index (χ4v) is 2.83. The number of hydrogen-bond donors (Lipinski definition) is 1. The molecule has 0 fully saturated rings. The van der Waals surface area contributed by atoms with Crippen LogP contribution in [0.2, 0.25) is 0 Å². The van der Waals surface area contributed by atoms with Gasteiger partial charge in [-0.1, -0.05) is 11.8 Å². The van der Waals surface area contributed by atoms with Gasteiger partial charge in [0.15, 0.2) is 11.0 Å². The smallest absolute Gasteiger partial charge is 0.313 e. The predicted molar refractivity (Wildman–Crippen MR) is 81.3 cm³/mol. The molecule has 7 heteroatoms. The summed E-state index contributed by atoms with van der Waals surface area (Å²) >= 11 is 1.17. The molecule has 0 aliphatic rings. The summed E-state index contributed by atoms with van der Waals surface area (Å²) in [6.07, 6.45) is 1.73. The Morgan fingerprint density at radius 3 is 2.67 bits per heavy atom. The molecule has 0 saturated heterocycles. The van der Waals surface area contributed by atoms with Crippen LogP contribution in [0.25, 0.3) is 11.4 Å². The SMILES string of the molecule is Cc1ncccc1-c1nnc(SCC(=O)O)n1C(C)(C)C. The minimum absolute atomic E-state index is 0.0414. The van der Waals surface area contributed by atoms with Gasteiger partial charge in [0.25, 0.3) is 0 Å². The van der Waals surface area contributed by atoms with E-state index >= 15 is 0 Å². The van der Waals surface area contributed by atoms with Gasteiger partial charge in [-0.05, 0) is 39.8 Å². The summed E-state index contributed by atoms with van der Waals surface area (Å²) in [5.74, 6) is -0.205. The Bertz CT molecular complexity index is 661. The second-order valence-electron chi connectivity index (χ2n) is 5.63. The fraction of sp³-hybridized carbons (Fsp3) is 0.429. The maximum absolute atomic E-state index is 10.8. The molecule has 0 saturated carbocycles. The van der Waals surface area contributed by atoms with Crippen LogP contribution in [-0.2, 0) is 10.3 Å². The lowest BCUT2D eigenvalue weighted by molar-refractivity contribution is -0.133. The van der Waals surface area contributed by atoms with Crippen molar-refractivity contribution in [3.63, 3.8) is 0 Å². The molecule has 2 heterocycles. The molecular weight excluding hydrogens is 288 g/mol. The molecule has 2 rings (SSSR count). The molecular formula is C14H18N4O2S. The second-order valence-corrected chi connectivity index (χ2v) is 6.57. The minimum atomic E-state index is -0.873. The van der Waals surface area contributed by atoms with E-state index in [4.69, 9.17) is 5.11 Å². The number of carbonyl (C=O) groups is 1. The van der Waals surface area contributed by atoms with E-state index in [2.05, 4.69) is 15.2 Å². The summed E-state index contributed by atoms with van der Waals surface area (Å²) in [7, 11) is 0. The Labute approximate surface area is 127 Å². The van der Waals surface area contributed by atoms with E-state index in [1.165, 1.54) is 11.8 Å². The van der Waals surface area contributed by atoms with Gasteiger partial charge in [-0.3, -0.25) is 14.3 Å². The van der Waals surface area contributed by atoms with Crippen molar-refractivity contribution < 1.29 is 9.90 Å². The van der Waals surface area contributed by atoms with Crippen molar-refractivity contribution in [3.8, 4) is 11.4 Å². The van der Waals surface area contributed by atoms with Gasteiger partial charge in [-0.25, -0.2) is 0 Å². The van der Waals surface area contributed by atoms with Crippen LogP contribution in [0.1, 0.15) is 26.5 Å². The summed E-state index contributed by atoms with van der Waals surface area (Å²) in [5, 5.41) is 17.9. The highest BCUT2D eigenvalue weighted by Crippen LogP contribution is 2.31. The van der Waals surface area contributed by atoms with Gasteiger partial charge in [-0.2, -0.15) is 0 Å². The molecule has 0 atom stereocenters. The largest absolute Gasteiger partial charge is 0.481 e. The van der Waals surface area contributed by atoms with Gasteiger partial charge >= 0.3 is 5.97 Å². The van der Waals surface area contributed by atoms with Crippen molar-refractivity contribution >= 4 is 17.7 Å². The maximum atomic E-state index is 10.8. The van der Waals surface area contributed by atoms with Crippen molar-refractivity contribution in [2.45, 2.75) is 38.4 Å². The Balaban J connectivity index is 2.52. The number of aliphatic carboxylic acids is 1. The van der Waals surface area contributed by atoms with Crippen molar-refractivity contribution in [1.82, 2.24) is 19.7 Å². The van der Waals surface area contributed by atoms with Crippen molar-refractivity contribution in [2.24, 2.45) is 0 Å². The van der Waals surface area contributed by atoms with Crippen molar-refractivity contribution in [3.05, 3.63) is 24.0 Å². The lowest BCUT2D eigenvalue weighted by Gasteiger charge is -2.24. The highest BCUT2D eigenvalue weighted by Gasteiger charge is 2.25. The van der Waals surface area contributed by atoms with Gasteiger partial charge in [0.2, 0.25) is 0 Å². The van der Waals surface area contributed by atoms with Crippen molar-refractivity contribution in [1.29, 1.82) is 0 Å². The molecule has 0 radical (unpaired) electrons. The summed E-state index contributed by atoms with van der Waals surface area (Å²) in [4.78, 5) is 15.1. The third-order valence-corrected chi connectivity index (χ3v) is 3.79. The molecule has 0 amide bonds. The Morgan fingerprint density at radius 1 is 1.38 bits per heavy atom. The molecule has 2 aromatic rings. The van der Waals surface area contributed by atoms with E-state index in [1.54, 1.807) is 6.20 Å². The van der Waals surface area contributed by atoms with E-state index in [-0.39, 0.29) is 11.3 Å². The molecule has 0 unspecified atom stereocenters.